The van der Waals surface area contributed by atoms with E-state index < -0.39 is 0 Å². The fourth-order valence-electron chi connectivity index (χ4n) is 3.78. The maximum absolute atomic E-state index is 12.8. The van der Waals surface area contributed by atoms with Crippen molar-refractivity contribution in [3.63, 3.8) is 0 Å². The molecule has 1 unspecified atom stereocenters. The van der Waals surface area contributed by atoms with E-state index >= 15 is 0 Å². The summed E-state index contributed by atoms with van der Waals surface area (Å²) in [7, 11) is 0. The van der Waals surface area contributed by atoms with Gasteiger partial charge in [-0.2, -0.15) is 0 Å². The molecule has 5 nitrogen and oxygen atoms in total. The molecule has 1 aromatic rings. The standard InChI is InChI=1S/C20H29N3O2/c1-16(2)21-10-12-22(13-11-21)20(25)18-14-19(24)23(15-18)9-8-17-6-4-3-5-7-17/h3-7,16,18H,8-15H2,1-2H3. The number of nitrogens with zero attached hydrogens (tertiary/aromatic N) is 3. The summed E-state index contributed by atoms with van der Waals surface area (Å²) in [6.07, 6.45) is 1.22. The molecule has 1 atom stereocenters. The number of hydrogen-bond donors (Lipinski definition) is 0. The lowest BCUT2D eigenvalue weighted by atomic mass is 10.1. The zero-order valence-electron chi connectivity index (χ0n) is 15.4. The molecular weight excluding hydrogens is 314 g/mol. The number of rotatable bonds is 5. The lowest BCUT2D eigenvalue weighted by Gasteiger charge is -2.37. The highest BCUT2D eigenvalue weighted by Crippen LogP contribution is 2.21. The summed E-state index contributed by atoms with van der Waals surface area (Å²) in [4.78, 5) is 31.3. The first-order valence-electron chi connectivity index (χ1n) is 9.39. The van der Waals surface area contributed by atoms with Crippen LogP contribution in [0.15, 0.2) is 30.3 Å². The predicted octanol–water partition coefficient (Wildman–Crippen LogP) is 1.63. The topological polar surface area (TPSA) is 43.9 Å². The Morgan fingerprint density at radius 2 is 1.80 bits per heavy atom. The second-order valence-corrected chi connectivity index (χ2v) is 7.43. The summed E-state index contributed by atoms with van der Waals surface area (Å²) in [5.41, 5.74) is 1.23. The Morgan fingerprint density at radius 1 is 1.12 bits per heavy atom. The van der Waals surface area contributed by atoms with Gasteiger partial charge in [0.2, 0.25) is 11.8 Å². The number of piperazine rings is 1. The van der Waals surface area contributed by atoms with E-state index in [1.807, 2.05) is 28.0 Å². The minimum atomic E-state index is -0.158. The van der Waals surface area contributed by atoms with Crippen molar-refractivity contribution in [3.05, 3.63) is 35.9 Å². The Balaban J connectivity index is 1.49. The van der Waals surface area contributed by atoms with Gasteiger partial charge < -0.3 is 9.80 Å². The number of benzene rings is 1. The molecule has 2 heterocycles. The third-order valence-corrected chi connectivity index (χ3v) is 5.43. The normalized spacial score (nSPS) is 22.0. The maximum atomic E-state index is 12.8. The van der Waals surface area contributed by atoms with E-state index in [0.29, 0.717) is 25.6 Å². The van der Waals surface area contributed by atoms with Crippen LogP contribution in [-0.4, -0.2) is 71.8 Å². The Labute approximate surface area is 150 Å². The molecule has 0 bridgehead atoms. The van der Waals surface area contributed by atoms with Crippen molar-refractivity contribution in [1.82, 2.24) is 14.7 Å². The van der Waals surface area contributed by atoms with E-state index in [0.717, 1.165) is 32.6 Å². The molecule has 2 saturated heterocycles. The molecule has 3 rings (SSSR count). The molecular formula is C20H29N3O2. The monoisotopic (exact) mass is 343 g/mol. The molecule has 0 N–H and O–H groups in total. The molecule has 2 aliphatic rings. The number of carbonyl (C=O) groups is 2. The molecule has 5 heteroatoms. The first kappa shape index (κ1) is 17.9. The van der Waals surface area contributed by atoms with Crippen LogP contribution in [0.4, 0.5) is 0 Å². The first-order chi connectivity index (χ1) is 12.0. The molecule has 25 heavy (non-hydrogen) atoms. The van der Waals surface area contributed by atoms with E-state index in [1.165, 1.54) is 5.56 Å². The fourth-order valence-corrected chi connectivity index (χ4v) is 3.78. The lowest BCUT2D eigenvalue weighted by Crippen LogP contribution is -2.52. The van der Waals surface area contributed by atoms with Gasteiger partial charge in [-0.1, -0.05) is 30.3 Å². The summed E-state index contributed by atoms with van der Waals surface area (Å²) in [5.74, 6) is 0.128. The van der Waals surface area contributed by atoms with Crippen LogP contribution >= 0.6 is 0 Å². The van der Waals surface area contributed by atoms with Gasteiger partial charge in [-0.15, -0.1) is 0 Å². The Hall–Kier alpha value is -1.88. The minimum Gasteiger partial charge on any atom is -0.342 e. The van der Waals surface area contributed by atoms with Gasteiger partial charge in [-0.3, -0.25) is 14.5 Å². The zero-order chi connectivity index (χ0) is 17.8. The lowest BCUT2D eigenvalue weighted by molar-refractivity contribution is -0.137. The van der Waals surface area contributed by atoms with Crippen molar-refractivity contribution in [2.75, 3.05) is 39.3 Å². The average Bonchev–Trinajstić information content (AvgIpc) is 3.01. The van der Waals surface area contributed by atoms with E-state index in [4.69, 9.17) is 0 Å². The number of likely N-dealkylation sites (tertiary alicyclic amines) is 1. The van der Waals surface area contributed by atoms with Crippen LogP contribution in [0.1, 0.15) is 25.8 Å². The van der Waals surface area contributed by atoms with Gasteiger partial charge in [0.15, 0.2) is 0 Å². The summed E-state index contributed by atoms with van der Waals surface area (Å²) in [5, 5.41) is 0. The fraction of sp³-hybridized carbons (Fsp3) is 0.600. The smallest absolute Gasteiger partial charge is 0.228 e. The van der Waals surface area contributed by atoms with Crippen molar-refractivity contribution in [3.8, 4) is 0 Å². The van der Waals surface area contributed by atoms with Crippen molar-refractivity contribution >= 4 is 11.8 Å². The van der Waals surface area contributed by atoms with E-state index in [2.05, 4.69) is 30.9 Å². The quantitative estimate of drug-likeness (QED) is 0.816. The van der Waals surface area contributed by atoms with Crippen molar-refractivity contribution < 1.29 is 9.59 Å². The molecule has 2 aliphatic heterocycles. The third kappa shape index (κ3) is 4.40. The van der Waals surface area contributed by atoms with Crippen LogP contribution in [0.3, 0.4) is 0 Å². The summed E-state index contributed by atoms with van der Waals surface area (Å²) < 4.78 is 0. The van der Waals surface area contributed by atoms with Gasteiger partial charge >= 0.3 is 0 Å². The van der Waals surface area contributed by atoms with E-state index in [9.17, 15) is 9.59 Å². The van der Waals surface area contributed by atoms with Gasteiger partial charge in [-0.05, 0) is 25.8 Å². The van der Waals surface area contributed by atoms with Crippen LogP contribution in [0.2, 0.25) is 0 Å². The van der Waals surface area contributed by atoms with Crippen molar-refractivity contribution in [1.29, 1.82) is 0 Å². The van der Waals surface area contributed by atoms with Gasteiger partial charge in [0, 0.05) is 51.7 Å². The molecule has 136 valence electrons. The van der Waals surface area contributed by atoms with Crippen LogP contribution in [0, 0.1) is 5.92 Å². The van der Waals surface area contributed by atoms with Crippen LogP contribution in [0.5, 0.6) is 0 Å². The molecule has 0 radical (unpaired) electrons. The summed E-state index contributed by atoms with van der Waals surface area (Å²) in [6.45, 7) is 9.10. The maximum Gasteiger partial charge on any atom is 0.228 e. The van der Waals surface area contributed by atoms with Gasteiger partial charge in [-0.25, -0.2) is 0 Å². The third-order valence-electron chi connectivity index (χ3n) is 5.43. The van der Waals surface area contributed by atoms with Crippen LogP contribution in [0.25, 0.3) is 0 Å². The summed E-state index contributed by atoms with van der Waals surface area (Å²) in [6, 6.07) is 10.7. The van der Waals surface area contributed by atoms with Gasteiger partial charge in [0.1, 0.15) is 0 Å². The molecule has 2 amide bonds. The number of amides is 2. The highest BCUT2D eigenvalue weighted by Gasteiger charge is 2.37. The molecule has 0 saturated carbocycles. The number of hydrogen-bond acceptors (Lipinski definition) is 3. The Kier molecular flexibility index (Phi) is 5.74. The highest BCUT2D eigenvalue weighted by molar-refractivity contribution is 5.89. The van der Waals surface area contributed by atoms with Gasteiger partial charge in [0.25, 0.3) is 0 Å². The van der Waals surface area contributed by atoms with Crippen molar-refractivity contribution in [2.45, 2.75) is 32.7 Å². The second-order valence-electron chi connectivity index (χ2n) is 7.43. The van der Waals surface area contributed by atoms with E-state index in [1.54, 1.807) is 0 Å². The largest absolute Gasteiger partial charge is 0.342 e. The Bertz CT molecular complexity index is 594. The van der Waals surface area contributed by atoms with Gasteiger partial charge in [0.05, 0.1) is 5.92 Å². The molecule has 0 aliphatic carbocycles. The average molecular weight is 343 g/mol. The summed E-state index contributed by atoms with van der Waals surface area (Å²) >= 11 is 0. The molecule has 1 aromatic carbocycles. The van der Waals surface area contributed by atoms with Crippen LogP contribution < -0.4 is 0 Å². The minimum absolute atomic E-state index is 0.120. The van der Waals surface area contributed by atoms with Crippen molar-refractivity contribution in [2.24, 2.45) is 5.92 Å². The Morgan fingerprint density at radius 3 is 2.44 bits per heavy atom. The molecule has 0 aromatic heterocycles. The molecule has 0 spiro atoms. The number of carbonyl (C=O) groups excluding carboxylic acids is 2. The SMILES string of the molecule is CC(C)N1CCN(C(=O)C2CC(=O)N(CCc3ccccc3)C2)CC1. The van der Waals surface area contributed by atoms with E-state index in [-0.39, 0.29) is 17.7 Å². The zero-order valence-corrected chi connectivity index (χ0v) is 15.4. The first-order valence-corrected chi connectivity index (χ1v) is 9.39. The molecule has 2 fully saturated rings. The predicted molar refractivity (Wildman–Crippen MR) is 98.1 cm³/mol. The van der Waals surface area contributed by atoms with Crippen LogP contribution in [-0.2, 0) is 16.0 Å². The second kappa shape index (κ2) is 8.00. The highest BCUT2D eigenvalue weighted by atomic mass is 16.2.